The van der Waals surface area contributed by atoms with Crippen LogP contribution in [0.15, 0.2) is 56.3 Å². The van der Waals surface area contributed by atoms with E-state index in [-0.39, 0.29) is 5.56 Å². The van der Waals surface area contributed by atoms with E-state index in [0.29, 0.717) is 28.2 Å². The van der Waals surface area contributed by atoms with Gasteiger partial charge >= 0.3 is 0 Å². The molecule has 4 rings (SSSR count). The van der Waals surface area contributed by atoms with E-state index in [1.165, 1.54) is 17.8 Å². The van der Waals surface area contributed by atoms with Crippen LogP contribution in [0.25, 0.3) is 16.4 Å². The maximum Gasteiger partial charge on any atom is 0.277 e. The number of aryl methyl sites for hydroxylation is 1. The number of nitrogens with zero attached hydrogens (tertiary/aromatic N) is 4. The average molecular weight is 356 g/mol. The molecule has 0 aromatic carbocycles. The summed E-state index contributed by atoms with van der Waals surface area (Å²) in [5, 5.41) is 10.5. The Morgan fingerprint density at radius 1 is 1.29 bits per heavy atom. The Kier molecular flexibility index (Phi) is 3.91. The molecule has 6 nitrogen and oxygen atoms in total. The van der Waals surface area contributed by atoms with Gasteiger partial charge in [-0.15, -0.1) is 21.5 Å². The van der Waals surface area contributed by atoms with E-state index in [4.69, 9.17) is 4.42 Å². The van der Waals surface area contributed by atoms with Crippen molar-refractivity contribution in [3.63, 3.8) is 0 Å². The Bertz CT molecular complexity index is 1050. The highest BCUT2D eigenvalue weighted by Gasteiger charge is 2.11. The standard InChI is InChI=1S/C16H12N4O2S2/c1-10-4-5-13-17-11(7-14(21)20(13)8-10)9-24-16-19-18-15(22-16)12-3-2-6-23-12/h2-8H,9H2,1H3. The zero-order valence-corrected chi connectivity index (χ0v) is 14.3. The molecule has 0 aliphatic carbocycles. The zero-order valence-electron chi connectivity index (χ0n) is 12.7. The molecule has 0 aliphatic heterocycles. The third-order valence-corrected chi connectivity index (χ3v) is 5.05. The number of hydrogen-bond acceptors (Lipinski definition) is 7. The molecule has 0 fully saturated rings. The molecule has 0 saturated carbocycles. The summed E-state index contributed by atoms with van der Waals surface area (Å²) in [6, 6.07) is 9.18. The fraction of sp³-hybridized carbons (Fsp3) is 0.125. The first-order valence-corrected chi connectivity index (χ1v) is 9.05. The molecule has 4 aromatic rings. The van der Waals surface area contributed by atoms with Crippen LogP contribution in [0, 0.1) is 6.92 Å². The van der Waals surface area contributed by atoms with Gasteiger partial charge in [-0.2, -0.15) is 0 Å². The second kappa shape index (κ2) is 6.21. The first-order valence-electron chi connectivity index (χ1n) is 7.18. The average Bonchev–Trinajstić information content (AvgIpc) is 3.25. The molecule has 0 bridgehead atoms. The quantitative estimate of drug-likeness (QED) is 0.522. The van der Waals surface area contributed by atoms with Gasteiger partial charge in [-0.1, -0.05) is 23.9 Å². The lowest BCUT2D eigenvalue weighted by Crippen LogP contribution is -2.15. The van der Waals surface area contributed by atoms with Crippen LogP contribution in [-0.4, -0.2) is 19.6 Å². The minimum absolute atomic E-state index is 0.0934. The van der Waals surface area contributed by atoms with Crippen molar-refractivity contribution >= 4 is 28.7 Å². The summed E-state index contributed by atoms with van der Waals surface area (Å²) < 4.78 is 7.17. The van der Waals surface area contributed by atoms with Crippen molar-refractivity contribution < 1.29 is 4.42 Å². The normalized spacial score (nSPS) is 11.2. The van der Waals surface area contributed by atoms with Crippen LogP contribution in [0.2, 0.25) is 0 Å². The fourth-order valence-corrected chi connectivity index (χ4v) is 3.54. The van der Waals surface area contributed by atoms with Crippen LogP contribution < -0.4 is 5.56 Å². The number of thiophene rings is 1. The Balaban J connectivity index is 1.55. The van der Waals surface area contributed by atoms with Gasteiger partial charge in [0.05, 0.1) is 10.6 Å². The fourth-order valence-electron chi connectivity index (χ4n) is 2.24. The number of fused-ring (bicyclic) bond motifs is 1. The van der Waals surface area contributed by atoms with Crippen LogP contribution in [0.1, 0.15) is 11.3 Å². The van der Waals surface area contributed by atoms with Crippen molar-refractivity contribution in [2.24, 2.45) is 0 Å². The van der Waals surface area contributed by atoms with E-state index in [2.05, 4.69) is 15.2 Å². The first-order chi connectivity index (χ1) is 11.7. The predicted molar refractivity (Wildman–Crippen MR) is 93.4 cm³/mol. The summed E-state index contributed by atoms with van der Waals surface area (Å²) in [5.74, 6) is 1.00. The third kappa shape index (κ3) is 2.98. The molecular weight excluding hydrogens is 344 g/mol. The van der Waals surface area contributed by atoms with Gasteiger partial charge in [0.2, 0.25) is 0 Å². The van der Waals surface area contributed by atoms with Crippen LogP contribution in [-0.2, 0) is 5.75 Å². The van der Waals surface area contributed by atoms with Gasteiger partial charge in [0.25, 0.3) is 16.7 Å². The van der Waals surface area contributed by atoms with Crippen LogP contribution in [0.4, 0.5) is 0 Å². The monoisotopic (exact) mass is 356 g/mol. The Morgan fingerprint density at radius 3 is 3.04 bits per heavy atom. The highest BCUT2D eigenvalue weighted by atomic mass is 32.2. The van der Waals surface area contributed by atoms with Crippen molar-refractivity contribution in [3.8, 4) is 10.8 Å². The van der Waals surface area contributed by atoms with Gasteiger partial charge in [-0.05, 0) is 30.0 Å². The Labute approximate surface area is 145 Å². The molecule has 0 saturated heterocycles. The smallest absolute Gasteiger partial charge is 0.277 e. The molecule has 0 N–H and O–H groups in total. The number of pyridine rings is 1. The van der Waals surface area contributed by atoms with Crippen molar-refractivity contribution in [1.29, 1.82) is 0 Å². The number of rotatable bonds is 4. The molecule has 0 radical (unpaired) electrons. The molecule has 0 atom stereocenters. The van der Waals surface area contributed by atoms with E-state index in [9.17, 15) is 4.79 Å². The summed E-state index contributed by atoms with van der Waals surface area (Å²) in [7, 11) is 0. The second-order valence-electron chi connectivity index (χ2n) is 5.16. The molecule has 0 amide bonds. The van der Waals surface area contributed by atoms with Crippen molar-refractivity contribution in [3.05, 3.63) is 63.5 Å². The minimum Gasteiger partial charge on any atom is -0.410 e. The van der Waals surface area contributed by atoms with Crippen LogP contribution in [0.5, 0.6) is 0 Å². The predicted octanol–water partition coefficient (Wildman–Crippen LogP) is 3.41. The molecule has 120 valence electrons. The summed E-state index contributed by atoms with van der Waals surface area (Å²) in [6.45, 7) is 1.94. The molecule has 0 unspecified atom stereocenters. The van der Waals surface area contributed by atoms with Gasteiger partial charge < -0.3 is 4.42 Å². The first kappa shape index (κ1) is 15.1. The highest BCUT2D eigenvalue weighted by molar-refractivity contribution is 7.98. The molecule has 0 aliphatic rings. The maximum absolute atomic E-state index is 12.2. The number of aromatic nitrogens is 4. The van der Waals surface area contributed by atoms with E-state index in [1.54, 1.807) is 21.9 Å². The summed E-state index contributed by atoms with van der Waals surface area (Å²) in [4.78, 5) is 17.6. The lowest BCUT2D eigenvalue weighted by atomic mass is 10.3. The summed E-state index contributed by atoms with van der Waals surface area (Å²) in [5.41, 5.74) is 2.24. The van der Waals surface area contributed by atoms with E-state index in [1.807, 2.05) is 36.6 Å². The van der Waals surface area contributed by atoms with Crippen molar-refractivity contribution in [2.75, 3.05) is 0 Å². The van der Waals surface area contributed by atoms with E-state index in [0.717, 1.165) is 10.4 Å². The number of hydrogen-bond donors (Lipinski definition) is 0. The molecule has 4 aromatic heterocycles. The molecule has 0 spiro atoms. The molecule has 8 heteroatoms. The zero-order chi connectivity index (χ0) is 16.5. The lowest BCUT2D eigenvalue weighted by Gasteiger charge is -2.03. The van der Waals surface area contributed by atoms with E-state index >= 15 is 0 Å². The molecular formula is C16H12N4O2S2. The van der Waals surface area contributed by atoms with Gasteiger partial charge in [-0.25, -0.2) is 4.98 Å². The van der Waals surface area contributed by atoms with Gasteiger partial charge in [-0.3, -0.25) is 9.20 Å². The van der Waals surface area contributed by atoms with Gasteiger partial charge in [0.15, 0.2) is 0 Å². The topological polar surface area (TPSA) is 73.3 Å². The Morgan fingerprint density at radius 2 is 2.21 bits per heavy atom. The van der Waals surface area contributed by atoms with Gasteiger partial charge in [0, 0.05) is 18.0 Å². The van der Waals surface area contributed by atoms with E-state index < -0.39 is 0 Å². The summed E-state index contributed by atoms with van der Waals surface area (Å²) in [6.07, 6.45) is 1.78. The van der Waals surface area contributed by atoms with Crippen LogP contribution >= 0.6 is 23.1 Å². The maximum atomic E-state index is 12.2. The van der Waals surface area contributed by atoms with Crippen LogP contribution in [0.3, 0.4) is 0 Å². The highest BCUT2D eigenvalue weighted by Crippen LogP contribution is 2.27. The minimum atomic E-state index is -0.0934. The van der Waals surface area contributed by atoms with Crippen molar-refractivity contribution in [1.82, 2.24) is 19.6 Å². The molecule has 24 heavy (non-hydrogen) atoms. The van der Waals surface area contributed by atoms with Crippen molar-refractivity contribution in [2.45, 2.75) is 17.9 Å². The SMILES string of the molecule is Cc1ccc2nc(CSc3nnc(-c4cccs4)o3)cc(=O)n2c1. The number of thioether (sulfide) groups is 1. The Hall–Kier alpha value is -2.45. The third-order valence-electron chi connectivity index (χ3n) is 3.34. The lowest BCUT2D eigenvalue weighted by molar-refractivity contribution is 0.466. The van der Waals surface area contributed by atoms with Gasteiger partial charge in [0.1, 0.15) is 5.65 Å². The molecule has 4 heterocycles. The summed E-state index contributed by atoms with van der Waals surface area (Å²) >= 11 is 2.91. The largest absolute Gasteiger partial charge is 0.410 e. The second-order valence-corrected chi connectivity index (χ2v) is 7.03.